The van der Waals surface area contributed by atoms with Crippen LogP contribution in [-0.4, -0.2) is 43.3 Å². The van der Waals surface area contributed by atoms with E-state index < -0.39 is 11.6 Å². The van der Waals surface area contributed by atoms with Gasteiger partial charge in [-0.2, -0.15) is 0 Å². The number of hydrogen-bond donors (Lipinski definition) is 0. The highest BCUT2D eigenvalue weighted by Gasteiger charge is 2.21. The maximum absolute atomic E-state index is 12.3. The lowest BCUT2D eigenvalue weighted by molar-refractivity contribution is -0.134. The number of nitrogens with zero attached hydrogens (tertiary/aromatic N) is 1. The minimum atomic E-state index is -0.537. The summed E-state index contributed by atoms with van der Waals surface area (Å²) in [6, 6.07) is 17.3. The number of carbonyl (C=O) groups excluding carboxylic acids is 2. The average Bonchev–Trinajstić information content (AvgIpc) is 2.74. The van der Waals surface area contributed by atoms with E-state index in [1.807, 2.05) is 75.4 Å². The molecule has 2 rings (SSSR count). The minimum absolute atomic E-state index is 0.234. The molecule has 0 aliphatic carbocycles. The van der Waals surface area contributed by atoms with E-state index in [4.69, 9.17) is 9.47 Å². The molecule has 0 saturated carbocycles. The number of hydrogen-bond acceptors (Lipinski definition) is 5. The van der Waals surface area contributed by atoms with Crippen LogP contribution < -0.4 is 4.74 Å². The highest BCUT2D eigenvalue weighted by atomic mass is 16.6. The molecule has 6 heteroatoms. The van der Waals surface area contributed by atoms with Crippen LogP contribution in [0.15, 0.2) is 60.7 Å². The van der Waals surface area contributed by atoms with Crippen molar-refractivity contribution >= 4 is 18.1 Å². The Labute approximate surface area is 184 Å². The van der Waals surface area contributed by atoms with Crippen molar-refractivity contribution in [3.63, 3.8) is 0 Å². The number of ether oxygens (including phenoxy) is 3. The van der Waals surface area contributed by atoms with Crippen molar-refractivity contribution in [3.05, 3.63) is 71.8 Å². The predicted molar refractivity (Wildman–Crippen MR) is 121 cm³/mol. The molecule has 0 saturated heterocycles. The summed E-state index contributed by atoms with van der Waals surface area (Å²) in [6.45, 7) is 6.02. The first-order chi connectivity index (χ1) is 14.7. The van der Waals surface area contributed by atoms with E-state index >= 15 is 0 Å². The number of methoxy groups -OCH3 is 1. The molecule has 0 spiro atoms. The third-order valence-corrected chi connectivity index (χ3v) is 4.37. The van der Waals surface area contributed by atoms with Crippen LogP contribution in [0, 0.1) is 0 Å². The van der Waals surface area contributed by atoms with Crippen molar-refractivity contribution < 1.29 is 23.8 Å². The largest absolute Gasteiger partial charge is 0.486 e. The Morgan fingerprint density at radius 3 is 2.26 bits per heavy atom. The van der Waals surface area contributed by atoms with Crippen molar-refractivity contribution in [3.8, 4) is 5.75 Å². The summed E-state index contributed by atoms with van der Waals surface area (Å²) < 4.78 is 16.3. The van der Waals surface area contributed by atoms with Crippen LogP contribution in [-0.2, 0) is 14.3 Å². The SMILES string of the molecule is COC(=O)/C=C/c1ccc(OC(CCN(C)C(=O)OC(C)(C)C)c2ccccc2)cc1. The number of amides is 1. The molecule has 0 N–H and O–H groups in total. The first-order valence-corrected chi connectivity index (χ1v) is 10.2. The van der Waals surface area contributed by atoms with E-state index in [0.717, 1.165) is 11.1 Å². The summed E-state index contributed by atoms with van der Waals surface area (Å²) in [7, 11) is 3.06. The number of esters is 1. The van der Waals surface area contributed by atoms with Gasteiger partial charge in [0.15, 0.2) is 0 Å². The van der Waals surface area contributed by atoms with Gasteiger partial charge >= 0.3 is 12.1 Å². The fraction of sp³-hybridized carbons (Fsp3) is 0.360. The van der Waals surface area contributed by atoms with Crippen molar-refractivity contribution in [2.75, 3.05) is 20.7 Å². The van der Waals surface area contributed by atoms with Gasteiger partial charge in [0, 0.05) is 26.1 Å². The van der Waals surface area contributed by atoms with E-state index in [1.165, 1.54) is 13.2 Å². The molecule has 0 radical (unpaired) electrons. The molecule has 0 fully saturated rings. The van der Waals surface area contributed by atoms with Crippen LogP contribution in [0.5, 0.6) is 5.75 Å². The van der Waals surface area contributed by atoms with Gasteiger partial charge in [0.25, 0.3) is 0 Å². The molecule has 0 bridgehead atoms. The zero-order chi connectivity index (χ0) is 22.9. The average molecular weight is 426 g/mol. The lowest BCUT2D eigenvalue weighted by atomic mass is 10.1. The molecule has 0 aliphatic rings. The van der Waals surface area contributed by atoms with Gasteiger partial charge in [0.2, 0.25) is 0 Å². The molecular formula is C25H31NO5. The molecule has 166 valence electrons. The maximum Gasteiger partial charge on any atom is 0.410 e. The second kappa shape index (κ2) is 11.2. The normalized spacial score (nSPS) is 12.3. The summed E-state index contributed by atoms with van der Waals surface area (Å²) in [5.41, 5.74) is 1.35. The zero-order valence-corrected chi connectivity index (χ0v) is 18.8. The number of carbonyl (C=O) groups is 2. The van der Waals surface area contributed by atoms with Gasteiger partial charge in [-0.25, -0.2) is 9.59 Å². The third kappa shape index (κ3) is 8.54. The van der Waals surface area contributed by atoms with Gasteiger partial charge in [0.05, 0.1) is 7.11 Å². The van der Waals surface area contributed by atoms with Gasteiger partial charge in [-0.05, 0) is 50.1 Å². The van der Waals surface area contributed by atoms with Gasteiger partial charge in [-0.3, -0.25) is 0 Å². The van der Waals surface area contributed by atoms with Crippen LogP contribution in [0.2, 0.25) is 0 Å². The van der Waals surface area contributed by atoms with E-state index in [1.54, 1.807) is 18.0 Å². The van der Waals surface area contributed by atoms with E-state index in [9.17, 15) is 9.59 Å². The Hall–Kier alpha value is -3.28. The molecule has 6 nitrogen and oxygen atoms in total. The lowest BCUT2D eigenvalue weighted by Gasteiger charge is -2.26. The molecule has 2 aromatic rings. The maximum atomic E-state index is 12.3. The van der Waals surface area contributed by atoms with Crippen LogP contribution in [0.1, 0.15) is 44.4 Å². The van der Waals surface area contributed by atoms with E-state index in [2.05, 4.69) is 4.74 Å². The van der Waals surface area contributed by atoms with Crippen molar-refractivity contribution in [1.82, 2.24) is 4.90 Å². The van der Waals surface area contributed by atoms with Gasteiger partial charge in [-0.15, -0.1) is 0 Å². The molecule has 0 aromatic heterocycles. The topological polar surface area (TPSA) is 65.1 Å². The molecule has 1 atom stereocenters. The first-order valence-electron chi connectivity index (χ1n) is 10.2. The third-order valence-electron chi connectivity index (χ3n) is 4.37. The van der Waals surface area contributed by atoms with Crippen molar-refractivity contribution in [2.24, 2.45) is 0 Å². The second-order valence-corrected chi connectivity index (χ2v) is 8.13. The number of rotatable bonds is 8. The molecule has 0 aliphatic heterocycles. The van der Waals surface area contributed by atoms with E-state index in [0.29, 0.717) is 18.7 Å². The van der Waals surface area contributed by atoms with Gasteiger partial charge in [0.1, 0.15) is 17.5 Å². The van der Waals surface area contributed by atoms with Crippen molar-refractivity contribution in [2.45, 2.75) is 38.9 Å². The Morgan fingerprint density at radius 2 is 1.68 bits per heavy atom. The predicted octanol–water partition coefficient (Wildman–Crippen LogP) is 5.25. The quantitative estimate of drug-likeness (QED) is 0.427. The van der Waals surface area contributed by atoms with Crippen LogP contribution in [0.3, 0.4) is 0 Å². The van der Waals surface area contributed by atoms with Gasteiger partial charge in [-0.1, -0.05) is 42.5 Å². The second-order valence-electron chi connectivity index (χ2n) is 8.13. The van der Waals surface area contributed by atoms with Crippen LogP contribution >= 0.6 is 0 Å². The van der Waals surface area contributed by atoms with Crippen LogP contribution in [0.25, 0.3) is 6.08 Å². The summed E-state index contributed by atoms with van der Waals surface area (Å²) in [5, 5.41) is 0. The molecule has 0 heterocycles. The molecule has 31 heavy (non-hydrogen) atoms. The standard InChI is InChI=1S/C25H31NO5/c1-25(2,3)31-24(28)26(4)18-17-22(20-9-7-6-8-10-20)30-21-14-11-19(12-15-21)13-16-23(27)29-5/h6-16,22H,17-18H2,1-5H3/b16-13+. The minimum Gasteiger partial charge on any atom is -0.486 e. The summed E-state index contributed by atoms with van der Waals surface area (Å²) >= 11 is 0. The number of benzene rings is 2. The lowest BCUT2D eigenvalue weighted by Crippen LogP contribution is -2.35. The zero-order valence-electron chi connectivity index (χ0n) is 18.8. The summed E-state index contributed by atoms with van der Waals surface area (Å²) in [4.78, 5) is 25.1. The highest BCUT2D eigenvalue weighted by molar-refractivity contribution is 5.86. The molecule has 1 unspecified atom stereocenters. The molecular weight excluding hydrogens is 394 g/mol. The van der Waals surface area contributed by atoms with Crippen LogP contribution in [0.4, 0.5) is 4.79 Å². The fourth-order valence-electron chi connectivity index (χ4n) is 2.76. The first kappa shape index (κ1) is 24.0. The highest BCUT2D eigenvalue weighted by Crippen LogP contribution is 2.26. The fourth-order valence-corrected chi connectivity index (χ4v) is 2.76. The molecule has 1 amide bonds. The van der Waals surface area contributed by atoms with E-state index in [-0.39, 0.29) is 12.2 Å². The summed E-state index contributed by atoms with van der Waals surface area (Å²) in [6.07, 6.45) is 3.06. The monoisotopic (exact) mass is 425 g/mol. The Morgan fingerprint density at radius 1 is 1.03 bits per heavy atom. The van der Waals surface area contributed by atoms with Crippen molar-refractivity contribution in [1.29, 1.82) is 0 Å². The Kier molecular flexibility index (Phi) is 8.67. The Bertz CT molecular complexity index is 869. The smallest absolute Gasteiger partial charge is 0.410 e. The molecule has 2 aromatic carbocycles. The van der Waals surface area contributed by atoms with Gasteiger partial charge < -0.3 is 19.1 Å². The summed E-state index contributed by atoms with van der Waals surface area (Å²) in [5.74, 6) is 0.294. The Balaban J connectivity index is 2.06.